The third kappa shape index (κ3) is 2.90. The zero-order valence-corrected chi connectivity index (χ0v) is 11.3. The molecular formula is C15H23FN2. The largest absolute Gasteiger partial charge is 0.328 e. The fourth-order valence-electron chi connectivity index (χ4n) is 3.15. The quantitative estimate of drug-likeness (QED) is 0.893. The summed E-state index contributed by atoms with van der Waals surface area (Å²) in [7, 11) is 4.16. The Labute approximate surface area is 109 Å². The molecule has 0 spiro atoms. The Morgan fingerprint density at radius 2 is 2.00 bits per heavy atom. The number of hydrogen-bond donors (Lipinski definition) is 1. The van der Waals surface area contributed by atoms with Gasteiger partial charge in [-0.25, -0.2) is 4.39 Å². The van der Waals surface area contributed by atoms with Gasteiger partial charge in [0, 0.05) is 18.0 Å². The van der Waals surface area contributed by atoms with Crippen LogP contribution >= 0.6 is 0 Å². The second-order valence-electron chi connectivity index (χ2n) is 5.87. The molecule has 0 saturated heterocycles. The molecule has 1 aromatic carbocycles. The summed E-state index contributed by atoms with van der Waals surface area (Å²) in [5.74, 6) is -0.138. The summed E-state index contributed by atoms with van der Waals surface area (Å²) in [6, 6.07) is 7.40. The summed E-state index contributed by atoms with van der Waals surface area (Å²) >= 11 is 0. The van der Waals surface area contributed by atoms with Crippen molar-refractivity contribution in [1.82, 2.24) is 4.90 Å². The molecule has 2 nitrogen and oxygen atoms in total. The van der Waals surface area contributed by atoms with Crippen molar-refractivity contribution in [2.45, 2.75) is 37.1 Å². The highest BCUT2D eigenvalue weighted by Gasteiger charge is 2.36. The first-order valence-electron chi connectivity index (χ1n) is 6.68. The highest BCUT2D eigenvalue weighted by molar-refractivity contribution is 5.27. The second kappa shape index (κ2) is 5.37. The van der Waals surface area contributed by atoms with E-state index in [4.69, 9.17) is 5.73 Å². The molecule has 2 rings (SSSR count). The molecule has 0 atom stereocenters. The van der Waals surface area contributed by atoms with Gasteiger partial charge in [0.1, 0.15) is 5.82 Å². The number of halogens is 1. The maximum absolute atomic E-state index is 13.5. The maximum atomic E-state index is 13.5. The summed E-state index contributed by atoms with van der Waals surface area (Å²) in [6.45, 7) is 0.961. The second-order valence-corrected chi connectivity index (χ2v) is 5.87. The molecule has 0 radical (unpaired) electrons. The van der Waals surface area contributed by atoms with Crippen LogP contribution in [0.3, 0.4) is 0 Å². The van der Waals surface area contributed by atoms with Crippen molar-refractivity contribution in [3.05, 3.63) is 35.6 Å². The molecule has 1 fully saturated rings. The average Bonchev–Trinajstić information content (AvgIpc) is 2.32. The van der Waals surface area contributed by atoms with Gasteiger partial charge in [0.05, 0.1) is 0 Å². The van der Waals surface area contributed by atoms with Crippen molar-refractivity contribution in [3.8, 4) is 0 Å². The van der Waals surface area contributed by atoms with E-state index in [2.05, 4.69) is 25.1 Å². The van der Waals surface area contributed by atoms with E-state index < -0.39 is 0 Å². The lowest BCUT2D eigenvalue weighted by Gasteiger charge is -2.41. The van der Waals surface area contributed by atoms with E-state index in [0.29, 0.717) is 6.04 Å². The molecular weight excluding hydrogens is 227 g/mol. The van der Waals surface area contributed by atoms with Gasteiger partial charge in [-0.1, -0.05) is 12.1 Å². The Morgan fingerprint density at radius 3 is 2.56 bits per heavy atom. The van der Waals surface area contributed by atoms with Crippen LogP contribution in [0.1, 0.15) is 31.2 Å². The van der Waals surface area contributed by atoms with Crippen LogP contribution in [0.2, 0.25) is 0 Å². The minimum absolute atomic E-state index is 0.0709. The van der Waals surface area contributed by atoms with Crippen LogP contribution in [0.4, 0.5) is 4.39 Å². The van der Waals surface area contributed by atoms with Crippen molar-refractivity contribution in [1.29, 1.82) is 0 Å². The lowest BCUT2D eigenvalue weighted by atomic mass is 9.68. The molecule has 1 saturated carbocycles. The molecule has 100 valence electrons. The summed E-state index contributed by atoms with van der Waals surface area (Å²) in [6.07, 6.45) is 4.17. The van der Waals surface area contributed by atoms with Crippen LogP contribution in [0.5, 0.6) is 0 Å². The molecule has 0 amide bonds. The smallest absolute Gasteiger partial charge is 0.123 e. The highest BCUT2D eigenvalue weighted by Crippen LogP contribution is 2.39. The zero-order valence-electron chi connectivity index (χ0n) is 11.3. The average molecular weight is 250 g/mol. The number of rotatable bonds is 3. The van der Waals surface area contributed by atoms with Gasteiger partial charge in [0.15, 0.2) is 0 Å². The van der Waals surface area contributed by atoms with Crippen LogP contribution in [-0.4, -0.2) is 31.6 Å². The number of nitrogens with zero attached hydrogens (tertiary/aromatic N) is 1. The van der Waals surface area contributed by atoms with Gasteiger partial charge in [0.2, 0.25) is 0 Å². The maximum Gasteiger partial charge on any atom is 0.123 e. The predicted octanol–water partition coefficient (Wildman–Crippen LogP) is 2.53. The van der Waals surface area contributed by atoms with Gasteiger partial charge >= 0.3 is 0 Å². The summed E-state index contributed by atoms with van der Waals surface area (Å²) in [4.78, 5) is 2.20. The van der Waals surface area contributed by atoms with Crippen LogP contribution < -0.4 is 5.73 Å². The van der Waals surface area contributed by atoms with Gasteiger partial charge in [0.25, 0.3) is 0 Å². The SMILES string of the molecule is CN(C)CC1(c2cccc(F)c2)CCC(N)CC1. The molecule has 3 heteroatoms. The van der Waals surface area contributed by atoms with Gasteiger partial charge in [-0.15, -0.1) is 0 Å². The molecule has 1 aromatic rings. The zero-order chi connectivity index (χ0) is 13.2. The Hall–Kier alpha value is -0.930. The number of hydrogen-bond acceptors (Lipinski definition) is 2. The van der Waals surface area contributed by atoms with Crippen LogP contribution in [0.15, 0.2) is 24.3 Å². The fourth-order valence-corrected chi connectivity index (χ4v) is 3.15. The van der Waals surface area contributed by atoms with Crippen molar-refractivity contribution in [3.63, 3.8) is 0 Å². The van der Waals surface area contributed by atoms with Crippen LogP contribution in [-0.2, 0) is 5.41 Å². The van der Waals surface area contributed by atoms with E-state index in [1.165, 1.54) is 6.07 Å². The third-order valence-electron chi connectivity index (χ3n) is 4.04. The lowest BCUT2D eigenvalue weighted by Crippen LogP contribution is -2.43. The van der Waals surface area contributed by atoms with E-state index in [1.54, 1.807) is 6.07 Å². The monoisotopic (exact) mass is 250 g/mol. The first kappa shape index (κ1) is 13.5. The first-order chi connectivity index (χ1) is 8.52. The minimum Gasteiger partial charge on any atom is -0.328 e. The van der Waals surface area contributed by atoms with Gasteiger partial charge in [-0.2, -0.15) is 0 Å². The Balaban J connectivity index is 2.30. The van der Waals surface area contributed by atoms with Gasteiger partial charge in [-0.05, 0) is 57.5 Å². The van der Waals surface area contributed by atoms with Crippen molar-refractivity contribution in [2.24, 2.45) is 5.73 Å². The highest BCUT2D eigenvalue weighted by atomic mass is 19.1. The fraction of sp³-hybridized carbons (Fsp3) is 0.600. The van der Waals surface area contributed by atoms with Crippen LogP contribution in [0, 0.1) is 5.82 Å². The first-order valence-corrected chi connectivity index (χ1v) is 6.68. The minimum atomic E-state index is -0.138. The standard InChI is InChI=1S/C15H23FN2/c1-18(2)11-15(8-6-14(17)7-9-15)12-4-3-5-13(16)10-12/h3-5,10,14H,6-9,11,17H2,1-2H3. The molecule has 2 N–H and O–H groups in total. The molecule has 0 aromatic heterocycles. The normalized spacial score (nSPS) is 28.6. The summed E-state index contributed by atoms with van der Waals surface area (Å²) in [5.41, 5.74) is 7.21. The summed E-state index contributed by atoms with van der Waals surface area (Å²) in [5, 5.41) is 0. The number of likely N-dealkylation sites (N-methyl/N-ethyl adjacent to an activating group) is 1. The van der Waals surface area contributed by atoms with Gasteiger partial charge < -0.3 is 10.6 Å². The van der Waals surface area contributed by atoms with E-state index in [1.807, 2.05) is 6.07 Å². The molecule has 1 aliphatic carbocycles. The molecule has 1 aliphatic rings. The van der Waals surface area contributed by atoms with E-state index >= 15 is 0 Å². The third-order valence-corrected chi connectivity index (χ3v) is 4.04. The number of nitrogens with two attached hydrogens (primary N) is 1. The van der Waals surface area contributed by atoms with Gasteiger partial charge in [-0.3, -0.25) is 0 Å². The molecule has 0 bridgehead atoms. The Morgan fingerprint density at radius 1 is 1.33 bits per heavy atom. The topological polar surface area (TPSA) is 29.3 Å². The van der Waals surface area contributed by atoms with Crippen molar-refractivity contribution in [2.75, 3.05) is 20.6 Å². The van der Waals surface area contributed by atoms with E-state index in [0.717, 1.165) is 37.8 Å². The molecule has 0 unspecified atom stereocenters. The molecule has 0 aliphatic heterocycles. The van der Waals surface area contributed by atoms with Crippen molar-refractivity contribution >= 4 is 0 Å². The summed E-state index contributed by atoms with van der Waals surface area (Å²) < 4.78 is 13.5. The Kier molecular flexibility index (Phi) is 4.03. The Bertz CT molecular complexity index is 395. The predicted molar refractivity (Wildman–Crippen MR) is 73.1 cm³/mol. The molecule has 0 heterocycles. The van der Waals surface area contributed by atoms with Crippen molar-refractivity contribution < 1.29 is 4.39 Å². The molecule has 18 heavy (non-hydrogen) atoms. The number of benzene rings is 1. The lowest BCUT2D eigenvalue weighted by molar-refractivity contribution is 0.204. The van der Waals surface area contributed by atoms with Crippen LogP contribution in [0.25, 0.3) is 0 Å². The van der Waals surface area contributed by atoms with E-state index in [-0.39, 0.29) is 11.2 Å². The van der Waals surface area contributed by atoms with E-state index in [9.17, 15) is 4.39 Å².